The summed E-state index contributed by atoms with van der Waals surface area (Å²) >= 11 is 0. The zero-order valence-corrected chi connectivity index (χ0v) is 20.2. The number of hydrogen-bond donors (Lipinski definition) is 0. The van der Waals surface area contributed by atoms with Gasteiger partial charge in [-0.05, 0) is 51.4 Å². The first-order chi connectivity index (χ1) is 17.4. The van der Waals surface area contributed by atoms with Gasteiger partial charge in [0.1, 0.15) is 38.5 Å². The van der Waals surface area contributed by atoms with Crippen LogP contribution in [0.3, 0.4) is 0 Å². The molecule has 0 unspecified atom stereocenters. The van der Waals surface area contributed by atoms with Gasteiger partial charge in [-0.3, -0.25) is 4.98 Å². The molecular formula is C29H20B3F2NO. The Morgan fingerprint density at radius 3 is 2.03 bits per heavy atom. The molecule has 2 aromatic heterocycles. The molecule has 0 atom stereocenters. The number of aromatic nitrogens is 1. The molecule has 0 N–H and O–H groups in total. The van der Waals surface area contributed by atoms with Gasteiger partial charge in [0.2, 0.25) is 0 Å². The summed E-state index contributed by atoms with van der Waals surface area (Å²) in [5.74, 6) is -0.627. The summed E-state index contributed by atoms with van der Waals surface area (Å²) in [6.45, 7) is 0. The van der Waals surface area contributed by atoms with Crippen LogP contribution in [0.4, 0.5) is 8.78 Å². The highest BCUT2D eigenvalue weighted by atomic mass is 19.1. The summed E-state index contributed by atoms with van der Waals surface area (Å²) < 4.78 is 36.6. The maximum atomic E-state index is 15.3. The summed E-state index contributed by atoms with van der Waals surface area (Å²) in [6.07, 6.45) is 0. The molecule has 0 saturated heterocycles. The molecule has 0 aliphatic rings. The summed E-state index contributed by atoms with van der Waals surface area (Å²) in [5, 5.41) is 1.64. The van der Waals surface area contributed by atoms with E-state index in [1.54, 1.807) is 29.6 Å². The normalized spacial score (nSPS) is 11.4. The Kier molecular flexibility index (Phi) is 5.29. The number of nitrogens with zero attached hydrogens (tertiary/aromatic N) is 1. The van der Waals surface area contributed by atoms with Crippen molar-refractivity contribution in [1.29, 1.82) is 0 Å². The van der Waals surface area contributed by atoms with E-state index in [2.05, 4.69) is 4.98 Å². The van der Waals surface area contributed by atoms with Gasteiger partial charge in [-0.15, -0.1) is 0 Å². The molecule has 2 nitrogen and oxygen atoms in total. The first kappa shape index (κ1) is 22.4. The molecule has 4 aromatic carbocycles. The van der Waals surface area contributed by atoms with E-state index in [4.69, 9.17) is 4.42 Å². The highest BCUT2D eigenvalue weighted by Gasteiger charge is 2.21. The standard InChI is InChI=1S/C29H20B3F2NO/c30-23-25(34)24(31)29(32)35-26(23)20-8-4-7-18-19-13-14-21(33)22(28(19)36-27(18)20)17-11-9-16(10-12-17)15-5-2-1-3-6-15/h1-14H,30-32H2. The van der Waals surface area contributed by atoms with E-state index in [9.17, 15) is 4.39 Å². The van der Waals surface area contributed by atoms with Gasteiger partial charge in [0.05, 0.1) is 11.3 Å². The van der Waals surface area contributed by atoms with Crippen molar-refractivity contribution >= 4 is 62.0 Å². The van der Waals surface area contributed by atoms with Crippen molar-refractivity contribution in [3.8, 4) is 33.5 Å². The topological polar surface area (TPSA) is 26.0 Å². The van der Waals surface area contributed by atoms with Crippen LogP contribution in [0, 0.1) is 11.6 Å². The average molecular weight is 469 g/mol. The molecule has 6 rings (SSSR count). The summed E-state index contributed by atoms with van der Waals surface area (Å²) in [6, 6.07) is 26.8. The van der Waals surface area contributed by atoms with Crippen LogP contribution in [0.5, 0.6) is 0 Å². The fourth-order valence-electron chi connectivity index (χ4n) is 4.89. The van der Waals surface area contributed by atoms with Crippen LogP contribution >= 0.6 is 0 Å². The van der Waals surface area contributed by atoms with Crippen LogP contribution in [0.25, 0.3) is 55.4 Å². The number of fused-ring (bicyclic) bond motifs is 3. The van der Waals surface area contributed by atoms with Gasteiger partial charge in [0, 0.05) is 16.3 Å². The van der Waals surface area contributed by atoms with Gasteiger partial charge in [-0.2, -0.15) is 0 Å². The fraction of sp³-hybridized carbons (Fsp3) is 0. The Hall–Kier alpha value is -4.12. The van der Waals surface area contributed by atoms with Crippen LogP contribution in [0.15, 0.2) is 89.3 Å². The molecule has 0 bridgehead atoms. The monoisotopic (exact) mass is 469 g/mol. The third-order valence-electron chi connectivity index (χ3n) is 6.99. The van der Waals surface area contributed by atoms with Crippen LogP contribution in [-0.2, 0) is 0 Å². The molecule has 0 fully saturated rings. The minimum Gasteiger partial charge on any atom is -0.455 e. The van der Waals surface area contributed by atoms with Gasteiger partial charge in [0.15, 0.2) is 7.85 Å². The third kappa shape index (κ3) is 3.46. The largest absolute Gasteiger partial charge is 0.455 e. The van der Waals surface area contributed by atoms with E-state index in [-0.39, 0.29) is 11.6 Å². The lowest BCUT2D eigenvalue weighted by Crippen LogP contribution is -2.38. The second-order valence-corrected chi connectivity index (χ2v) is 9.14. The number of benzene rings is 4. The number of hydrogen-bond acceptors (Lipinski definition) is 2. The zero-order valence-electron chi connectivity index (χ0n) is 20.2. The second kappa shape index (κ2) is 8.52. The lowest BCUT2D eigenvalue weighted by Gasteiger charge is -2.12. The first-order valence-electron chi connectivity index (χ1n) is 11.9. The van der Waals surface area contributed by atoms with Crippen molar-refractivity contribution in [2.45, 2.75) is 0 Å². The predicted octanol–water partition coefficient (Wildman–Crippen LogP) is 3.04. The SMILES string of the molecule is Bc1nc(-c2cccc3c2oc2c(-c4ccc(-c5ccccc5)cc4)c(F)ccc23)c(B)c(F)c1B. The van der Waals surface area contributed by atoms with Gasteiger partial charge in [-0.1, -0.05) is 66.7 Å². The summed E-state index contributed by atoms with van der Waals surface area (Å²) in [7, 11) is 5.26. The van der Waals surface area contributed by atoms with Crippen LogP contribution in [0.2, 0.25) is 0 Å². The highest BCUT2D eigenvalue weighted by molar-refractivity contribution is 6.50. The van der Waals surface area contributed by atoms with Crippen LogP contribution in [-0.4, -0.2) is 28.5 Å². The van der Waals surface area contributed by atoms with Gasteiger partial charge >= 0.3 is 0 Å². The second-order valence-electron chi connectivity index (χ2n) is 9.14. The van der Waals surface area contributed by atoms with Crippen molar-refractivity contribution in [3.63, 3.8) is 0 Å². The average Bonchev–Trinajstić information content (AvgIpc) is 3.29. The summed E-state index contributed by atoms with van der Waals surface area (Å²) in [4.78, 5) is 4.69. The molecular weight excluding hydrogens is 449 g/mol. The lowest BCUT2D eigenvalue weighted by atomic mass is 9.78. The first-order valence-corrected chi connectivity index (χ1v) is 11.9. The molecule has 2 heterocycles. The molecule has 7 heteroatoms. The van der Waals surface area contributed by atoms with E-state index in [1.165, 1.54) is 6.07 Å². The maximum absolute atomic E-state index is 15.3. The van der Waals surface area contributed by atoms with Crippen LogP contribution in [0.1, 0.15) is 0 Å². The van der Waals surface area contributed by atoms with Gasteiger partial charge in [-0.25, -0.2) is 8.78 Å². The molecule has 36 heavy (non-hydrogen) atoms. The minimum atomic E-state index is -0.359. The Balaban J connectivity index is 1.57. The molecule has 0 aliphatic heterocycles. The molecule has 6 aromatic rings. The lowest BCUT2D eigenvalue weighted by molar-refractivity contribution is 0.622. The highest BCUT2D eigenvalue weighted by Crippen LogP contribution is 2.40. The maximum Gasteiger partial charge on any atom is 0.163 e. The molecule has 0 saturated carbocycles. The van der Waals surface area contributed by atoms with E-state index in [0.717, 1.165) is 27.5 Å². The van der Waals surface area contributed by atoms with E-state index in [0.29, 0.717) is 44.5 Å². The predicted molar refractivity (Wildman–Crippen MR) is 152 cm³/mol. The summed E-state index contributed by atoms with van der Waals surface area (Å²) in [5.41, 5.74) is 7.18. The molecule has 0 spiro atoms. The van der Waals surface area contributed by atoms with E-state index in [1.807, 2.05) is 72.8 Å². The van der Waals surface area contributed by atoms with Gasteiger partial charge in [0.25, 0.3) is 0 Å². The van der Waals surface area contributed by atoms with Crippen LogP contribution < -0.4 is 16.5 Å². The van der Waals surface area contributed by atoms with Crippen molar-refractivity contribution < 1.29 is 13.2 Å². The van der Waals surface area contributed by atoms with E-state index < -0.39 is 0 Å². The Bertz CT molecular complexity index is 1780. The Morgan fingerprint density at radius 1 is 0.611 bits per heavy atom. The fourth-order valence-corrected chi connectivity index (χ4v) is 4.89. The Morgan fingerprint density at radius 2 is 1.28 bits per heavy atom. The third-order valence-corrected chi connectivity index (χ3v) is 6.99. The Labute approximate surface area is 210 Å². The molecule has 0 amide bonds. The molecule has 0 aliphatic carbocycles. The van der Waals surface area contributed by atoms with Gasteiger partial charge < -0.3 is 4.42 Å². The number of rotatable bonds is 3. The van der Waals surface area contributed by atoms with E-state index >= 15 is 4.39 Å². The van der Waals surface area contributed by atoms with Crippen molar-refractivity contribution in [3.05, 3.63) is 96.6 Å². The smallest absolute Gasteiger partial charge is 0.163 e. The number of pyridine rings is 1. The number of furan rings is 1. The quantitative estimate of drug-likeness (QED) is 0.373. The molecule has 170 valence electrons. The number of halogens is 2. The van der Waals surface area contributed by atoms with Crippen molar-refractivity contribution in [2.75, 3.05) is 0 Å². The zero-order chi connectivity index (χ0) is 25.0. The van der Waals surface area contributed by atoms with Crippen molar-refractivity contribution in [2.24, 2.45) is 0 Å². The number of para-hydroxylation sites is 1. The van der Waals surface area contributed by atoms with Crippen molar-refractivity contribution in [1.82, 2.24) is 4.98 Å². The minimum absolute atomic E-state index is 0.268. The molecule has 0 radical (unpaired) electrons.